The first-order valence-corrected chi connectivity index (χ1v) is 7.46. The van der Waals surface area contributed by atoms with Gasteiger partial charge in [0.25, 0.3) is 0 Å². The fourth-order valence-corrected chi connectivity index (χ4v) is 3.02. The van der Waals surface area contributed by atoms with Gasteiger partial charge in [0.1, 0.15) is 5.82 Å². The number of nitrogens with zero attached hydrogens (tertiary/aromatic N) is 4. The summed E-state index contributed by atoms with van der Waals surface area (Å²) in [7, 11) is 0. The maximum Gasteiger partial charge on any atom is 0.204 e. The molecule has 1 fully saturated rings. The molecule has 1 aliphatic carbocycles. The third-order valence-electron chi connectivity index (χ3n) is 4.17. The van der Waals surface area contributed by atoms with Crippen molar-refractivity contribution in [2.75, 3.05) is 0 Å². The first kappa shape index (κ1) is 13.9. The van der Waals surface area contributed by atoms with Gasteiger partial charge < -0.3 is 0 Å². The molecule has 110 valence electrons. The van der Waals surface area contributed by atoms with Crippen LogP contribution in [0.3, 0.4) is 0 Å². The number of hydrogen-bond donors (Lipinski definition) is 0. The maximum atomic E-state index is 13.0. The van der Waals surface area contributed by atoms with Gasteiger partial charge in [-0.2, -0.15) is 4.80 Å². The molecular formula is C16H19FN4. The number of allylic oxidation sites excluding steroid dienone is 1. The van der Waals surface area contributed by atoms with Crippen LogP contribution in [-0.2, 0) is 0 Å². The summed E-state index contributed by atoms with van der Waals surface area (Å²) in [6.07, 6.45) is 8.11. The zero-order valence-electron chi connectivity index (χ0n) is 12.0. The molecule has 1 saturated carbocycles. The molecule has 21 heavy (non-hydrogen) atoms. The molecule has 1 heterocycles. The molecule has 4 nitrogen and oxygen atoms in total. The Kier molecular flexibility index (Phi) is 4.08. The predicted octanol–water partition coefficient (Wildman–Crippen LogP) is 3.79. The minimum atomic E-state index is -0.266. The first-order chi connectivity index (χ1) is 10.3. The van der Waals surface area contributed by atoms with Crippen LogP contribution in [0.1, 0.15) is 38.1 Å². The Balaban J connectivity index is 1.82. The SMILES string of the molecule is C=C[C@@H](C1CCCCC1)n1nnc(-c2ccc(F)cc2)n1. The van der Waals surface area contributed by atoms with E-state index >= 15 is 0 Å². The molecule has 0 aliphatic heterocycles. The van der Waals surface area contributed by atoms with E-state index in [2.05, 4.69) is 22.0 Å². The fraction of sp³-hybridized carbons (Fsp3) is 0.438. The maximum absolute atomic E-state index is 13.0. The van der Waals surface area contributed by atoms with Crippen LogP contribution >= 0.6 is 0 Å². The second-order valence-electron chi connectivity index (χ2n) is 5.56. The number of aromatic nitrogens is 4. The number of rotatable bonds is 4. The largest absolute Gasteiger partial charge is 0.207 e. The van der Waals surface area contributed by atoms with E-state index in [1.165, 1.54) is 44.2 Å². The number of halogens is 1. The molecule has 0 spiro atoms. The van der Waals surface area contributed by atoms with Crippen LogP contribution in [0.5, 0.6) is 0 Å². The molecule has 3 rings (SSSR count). The highest BCUT2D eigenvalue weighted by Crippen LogP contribution is 2.33. The average molecular weight is 286 g/mol. The molecule has 0 amide bonds. The third kappa shape index (κ3) is 3.01. The summed E-state index contributed by atoms with van der Waals surface area (Å²) in [5, 5.41) is 12.7. The van der Waals surface area contributed by atoms with Crippen LogP contribution in [0.15, 0.2) is 36.9 Å². The Morgan fingerprint density at radius 1 is 1.19 bits per heavy atom. The zero-order chi connectivity index (χ0) is 14.7. The van der Waals surface area contributed by atoms with Gasteiger partial charge in [-0.3, -0.25) is 0 Å². The molecule has 0 saturated heterocycles. The van der Waals surface area contributed by atoms with Crippen molar-refractivity contribution in [3.05, 3.63) is 42.7 Å². The highest BCUT2D eigenvalue weighted by molar-refractivity contribution is 5.53. The second kappa shape index (κ2) is 6.16. The van der Waals surface area contributed by atoms with Crippen molar-refractivity contribution in [1.29, 1.82) is 0 Å². The lowest BCUT2D eigenvalue weighted by atomic mass is 9.84. The van der Waals surface area contributed by atoms with Crippen LogP contribution in [0.4, 0.5) is 4.39 Å². The highest BCUT2D eigenvalue weighted by Gasteiger charge is 2.24. The van der Waals surface area contributed by atoms with Gasteiger partial charge >= 0.3 is 0 Å². The third-order valence-corrected chi connectivity index (χ3v) is 4.17. The van der Waals surface area contributed by atoms with Crippen molar-refractivity contribution >= 4 is 0 Å². The van der Waals surface area contributed by atoms with Crippen molar-refractivity contribution in [3.8, 4) is 11.4 Å². The monoisotopic (exact) mass is 286 g/mol. The van der Waals surface area contributed by atoms with E-state index < -0.39 is 0 Å². The summed E-state index contributed by atoms with van der Waals surface area (Å²) in [5.41, 5.74) is 0.772. The van der Waals surface area contributed by atoms with Gasteiger partial charge in [0.2, 0.25) is 5.82 Å². The van der Waals surface area contributed by atoms with E-state index in [1.807, 2.05) is 6.08 Å². The van der Waals surface area contributed by atoms with E-state index in [0.29, 0.717) is 11.7 Å². The van der Waals surface area contributed by atoms with Gasteiger partial charge in [-0.1, -0.05) is 25.3 Å². The summed E-state index contributed by atoms with van der Waals surface area (Å²) >= 11 is 0. The summed E-state index contributed by atoms with van der Waals surface area (Å²) in [6.45, 7) is 3.93. The van der Waals surface area contributed by atoms with E-state index in [0.717, 1.165) is 5.56 Å². The number of benzene rings is 1. The molecule has 1 aromatic carbocycles. The lowest BCUT2D eigenvalue weighted by Gasteiger charge is -2.26. The van der Waals surface area contributed by atoms with Crippen molar-refractivity contribution < 1.29 is 4.39 Å². The zero-order valence-corrected chi connectivity index (χ0v) is 12.0. The quantitative estimate of drug-likeness (QED) is 0.803. The number of tetrazole rings is 1. The molecule has 1 aliphatic rings. The molecule has 0 N–H and O–H groups in total. The molecule has 0 radical (unpaired) electrons. The van der Waals surface area contributed by atoms with E-state index in [4.69, 9.17) is 0 Å². The van der Waals surface area contributed by atoms with Gasteiger partial charge in [-0.15, -0.1) is 16.8 Å². The molecule has 1 aromatic heterocycles. The lowest BCUT2D eigenvalue weighted by Crippen LogP contribution is -2.22. The Labute approximate surface area is 123 Å². The Bertz CT molecular complexity index is 599. The predicted molar refractivity (Wildman–Crippen MR) is 79.0 cm³/mol. The normalized spacial score (nSPS) is 17.6. The Morgan fingerprint density at radius 2 is 1.90 bits per heavy atom. The summed E-state index contributed by atoms with van der Waals surface area (Å²) in [6, 6.07) is 6.23. The van der Waals surface area contributed by atoms with Gasteiger partial charge in [-0.05, 0) is 48.2 Å². The molecule has 1 atom stereocenters. The summed E-state index contributed by atoms with van der Waals surface area (Å²) in [4.78, 5) is 1.65. The molecule has 5 heteroatoms. The molecule has 0 bridgehead atoms. The van der Waals surface area contributed by atoms with Gasteiger partial charge in [-0.25, -0.2) is 4.39 Å². The standard InChI is InChI=1S/C16H19FN4/c1-2-15(12-6-4-3-5-7-12)21-19-16(18-20-21)13-8-10-14(17)11-9-13/h2,8-12,15H,1,3-7H2/t15-/m0/s1. The Hall–Kier alpha value is -2.04. The Morgan fingerprint density at radius 3 is 2.57 bits per heavy atom. The van der Waals surface area contributed by atoms with E-state index in [9.17, 15) is 4.39 Å². The van der Waals surface area contributed by atoms with E-state index in [-0.39, 0.29) is 11.9 Å². The minimum absolute atomic E-state index is 0.0898. The van der Waals surface area contributed by atoms with Crippen LogP contribution in [0, 0.1) is 11.7 Å². The lowest BCUT2D eigenvalue weighted by molar-refractivity contribution is 0.254. The van der Waals surface area contributed by atoms with Crippen molar-refractivity contribution in [3.63, 3.8) is 0 Å². The van der Waals surface area contributed by atoms with Crippen molar-refractivity contribution in [1.82, 2.24) is 20.2 Å². The van der Waals surface area contributed by atoms with Crippen LogP contribution in [0.25, 0.3) is 11.4 Å². The molecule has 0 unspecified atom stereocenters. The number of hydrogen-bond acceptors (Lipinski definition) is 3. The van der Waals surface area contributed by atoms with Crippen LogP contribution in [-0.4, -0.2) is 20.2 Å². The van der Waals surface area contributed by atoms with Gasteiger partial charge in [0, 0.05) is 5.56 Å². The van der Waals surface area contributed by atoms with Gasteiger partial charge in [0.15, 0.2) is 0 Å². The minimum Gasteiger partial charge on any atom is -0.207 e. The smallest absolute Gasteiger partial charge is 0.204 e. The van der Waals surface area contributed by atoms with Crippen molar-refractivity contribution in [2.45, 2.75) is 38.1 Å². The summed E-state index contributed by atoms with van der Waals surface area (Å²) in [5.74, 6) is 0.793. The van der Waals surface area contributed by atoms with Gasteiger partial charge in [0.05, 0.1) is 6.04 Å². The molecule has 2 aromatic rings. The second-order valence-corrected chi connectivity index (χ2v) is 5.56. The highest BCUT2D eigenvalue weighted by atomic mass is 19.1. The van der Waals surface area contributed by atoms with E-state index in [1.54, 1.807) is 16.9 Å². The summed E-state index contributed by atoms with van der Waals surface area (Å²) < 4.78 is 13.0. The first-order valence-electron chi connectivity index (χ1n) is 7.46. The van der Waals surface area contributed by atoms with Crippen LogP contribution in [0.2, 0.25) is 0 Å². The topological polar surface area (TPSA) is 43.6 Å². The average Bonchev–Trinajstić information content (AvgIpc) is 2.99. The van der Waals surface area contributed by atoms with Crippen LogP contribution < -0.4 is 0 Å². The van der Waals surface area contributed by atoms with Crippen molar-refractivity contribution in [2.24, 2.45) is 5.92 Å². The molecular weight excluding hydrogens is 267 g/mol. The fourth-order valence-electron chi connectivity index (χ4n) is 3.02.